The molecule has 2 aliphatic carbocycles. The van der Waals surface area contributed by atoms with E-state index < -0.39 is 0 Å². The van der Waals surface area contributed by atoms with Crippen LogP contribution >= 0.6 is 0 Å². The maximum atomic E-state index is 4.94. The Hall–Kier alpha value is -1.61. The van der Waals surface area contributed by atoms with E-state index in [9.17, 15) is 0 Å². The SMILES string of the molecule is CC1=C[C@@H](CNCC2CCCCC2)[C@H](C(C)C)C[C@H]1Cc1nc2c(C)cccc2[nH]1. The van der Waals surface area contributed by atoms with E-state index in [2.05, 4.69) is 62.3 Å². The van der Waals surface area contributed by atoms with Gasteiger partial charge in [-0.2, -0.15) is 0 Å². The van der Waals surface area contributed by atoms with Crippen molar-refractivity contribution in [2.45, 2.75) is 72.6 Å². The lowest BCUT2D eigenvalue weighted by Gasteiger charge is -2.37. The van der Waals surface area contributed by atoms with E-state index in [4.69, 9.17) is 4.98 Å². The van der Waals surface area contributed by atoms with E-state index in [1.807, 2.05) is 0 Å². The van der Waals surface area contributed by atoms with Crippen LogP contribution in [0.3, 0.4) is 0 Å². The summed E-state index contributed by atoms with van der Waals surface area (Å²) < 4.78 is 0. The molecule has 2 aromatic rings. The number of rotatable bonds is 7. The summed E-state index contributed by atoms with van der Waals surface area (Å²) in [6, 6.07) is 6.41. The van der Waals surface area contributed by atoms with Crippen molar-refractivity contribution in [3.63, 3.8) is 0 Å². The number of nitrogens with zero attached hydrogens (tertiary/aromatic N) is 1. The number of para-hydroxylation sites is 1. The van der Waals surface area contributed by atoms with Gasteiger partial charge in [0.25, 0.3) is 0 Å². The number of nitrogens with one attached hydrogen (secondary N) is 2. The van der Waals surface area contributed by atoms with Gasteiger partial charge in [0.15, 0.2) is 0 Å². The highest BCUT2D eigenvalue weighted by Crippen LogP contribution is 2.38. The molecule has 30 heavy (non-hydrogen) atoms. The van der Waals surface area contributed by atoms with E-state index in [0.717, 1.165) is 42.1 Å². The zero-order valence-electron chi connectivity index (χ0n) is 19.5. The average Bonchev–Trinajstić information content (AvgIpc) is 3.14. The number of fused-ring (bicyclic) bond motifs is 1. The second kappa shape index (κ2) is 9.68. The summed E-state index contributed by atoms with van der Waals surface area (Å²) in [7, 11) is 0. The van der Waals surface area contributed by atoms with Crippen LogP contribution in [-0.4, -0.2) is 23.1 Å². The molecule has 1 fully saturated rings. The molecule has 1 aromatic heterocycles. The minimum Gasteiger partial charge on any atom is -0.342 e. The van der Waals surface area contributed by atoms with Crippen LogP contribution in [0.4, 0.5) is 0 Å². The van der Waals surface area contributed by atoms with Gasteiger partial charge in [0, 0.05) is 13.0 Å². The van der Waals surface area contributed by atoms with Gasteiger partial charge in [0.05, 0.1) is 11.0 Å². The second-order valence-electron chi connectivity index (χ2n) is 10.4. The number of aromatic nitrogens is 2. The van der Waals surface area contributed by atoms with Gasteiger partial charge in [-0.05, 0) is 80.9 Å². The first-order chi connectivity index (χ1) is 14.5. The van der Waals surface area contributed by atoms with Gasteiger partial charge in [0.1, 0.15) is 5.82 Å². The molecule has 0 saturated heterocycles. The molecule has 0 unspecified atom stereocenters. The monoisotopic (exact) mass is 407 g/mol. The minimum atomic E-state index is 0.605. The number of allylic oxidation sites excluding steroid dienone is 1. The highest BCUT2D eigenvalue weighted by molar-refractivity contribution is 5.78. The molecule has 0 radical (unpaired) electrons. The highest BCUT2D eigenvalue weighted by atomic mass is 14.9. The number of benzene rings is 1. The molecule has 3 atom stereocenters. The molecule has 2 N–H and O–H groups in total. The van der Waals surface area contributed by atoms with Gasteiger partial charge >= 0.3 is 0 Å². The summed E-state index contributed by atoms with van der Waals surface area (Å²) in [5.74, 6) is 4.80. The Kier molecular flexibility index (Phi) is 6.98. The lowest BCUT2D eigenvalue weighted by Crippen LogP contribution is -2.36. The van der Waals surface area contributed by atoms with Crippen LogP contribution in [0.15, 0.2) is 29.8 Å². The van der Waals surface area contributed by atoms with Crippen LogP contribution in [0, 0.1) is 36.5 Å². The first kappa shape index (κ1) is 21.6. The standard InChI is InChI=1S/C27H41N3/c1-18(2)24-14-22(15-26-29-25-12-8-9-19(3)27(25)30-26)20(4)13-23(24)17-28-16-21-10-6-5-7-11-21/h8-9,12-13,18,21-24,28H,5-7,10-11,14-17H2,1-4H3,(H,29,30)/t22-,23-,24-/m0/s1. The predicted molar refractivity (Wildman–Crippen MR) is 128 cm³/mol. The van der Waals surface area contributed by atoms with Crippen molar-refractivity contribution in [2.75, 3.05) is 13.1 Å². The first-order valence-electron chi connectivity index (χ1n) is 12.3. The zero-order valence-corrected chi connectivity index (χ0v) is 19.5. The largest absolute Gasteiger partial charge is 0.342 e. The third-order valence-electron chi connectivity index (χ3n) is 7.82. The topological polar surface area (TPSA) is 40.7 Å². The van der Waals surface area contributed by atoms with Gasteiger partial charge in [-0.1, -0.05) is 56.9 Å². The minimum absolute atomic E-state index is 0.605. The summed E-state index contributed by atoms with van der Waals surface area (Å²) in [4.78, 5) is 8.52. The number of aryl methyl sites for hydroxylation is 1. The van der Waals surface area contributed by atoms with Crippen LogP contribution < -0.4 is 5.32 Å². The van der Waals surface area contributed by atoms with Crippen molar-refractivity contribution in [3.8, 4) is 0 Å². The molecule has 4 rings (SSSR count). The van der Waals surface area contributed by atoms with Crippen molar-refractivity contribution in [2.24, 2.45) is 29.6 Å². The summed E-state index contributed by atoms with van der Waals surface area (Å²) in [6.45, 7) is 11.7. The summed E-state index contributed by atoms with van der Waals surface area (Å²) in [6.07, 6.45) is 12.1. The summed E-state index contributed by atoms with van der Waals surface area (Å²) >= 11 is 0. The average molecular weight is 408 g/mol. The van der Waals surface area contributed by atoms with Crippen molar-refractivity contribution >= 4 is 11.0 Å². The van der Waals surface area contributed by atoms with E-state index in [0.29, 0.717) is 11.8 Å². The van der Waals surface area contributed by atoms with Crippen LogP contribution in [0.1, 0.15) is 70.7 Å². The Morgan fingerprint density at radius 3 is 2.63 bits per heavy atom. The summed E-state index contributed by atoms with van der Waals surface area (Å²) in [5.41, 5.74) is 5.13. The molecule has 1 aromatic carbocycles. The highest BCUT2D eigenvalue weighted by Gasteiger charge is 2.32. The Morgan fingerprint density at radius 2 is 1.90 bits per heavy atom. The molecule has 0 bridgehead atoms. The quantitative estimate of drug-likeness (QED) is 0.519. The molecule has 3 heteroatoms. The Balaban J connectivity index is 1.41. The number of hydrogen-bond donors (Lipinski definition) is 2. The van der Waals surface area contributed by atoms with Crippen LogP contribution in [-0.2, 0) is 6.42 Å². The van der Waals surface area contributed by atoms with Crippen molar-refractivity contribution in [3.05, 3.63) is 41.2 Å². The maximum absolute atomic E-state index is 4.94. The molecule has 0 spiro atoms. The maximum Gasteiger partial charge on any atom is 0.107 e. The fourth-order valence-electron chi connectivity index (χ4n) is 5.91. The second-order valence-corrected chi connectivity index (χ2v) is 10.4. The third-order valence-corrected chi connectivity index (χ3v) is 7.82. The molecular weight excluding hydrogens is 366 g/mol. The lowest BCUT2D eigenvalue weighted by atomic mass is 9.69. The van der Waals surface area contributed by atoms with Crippen LogP contribution in [0.2, 0.25) is 0 Å². The predicted octanol–water partition coefficient (Wildman–Crippen LogP) is 6.44. The van der Waals surface area contributed by atoms with E-state index in [1.54, 1.807) is 5.57 Å². The van der Waals surface area contributed by atoms with Crippen molar-refractivity contribution in [1.82, 2.24) is 15.3 Å². The Morgan fingerprint density at radius 1 is 1.10 bits per heavy atom. The van der Waals surface area contributed by atoms with Crippen LogP contribution in [0.5, 0.6) is 0 Å². The lowest BCUT2D eigenvalue weighted by molar-refractivity contribution is 0.217. The first-order valence-corrected chi connectivity index (χ1v) is 12.3. The molecule has 0 amide bonds. The summed E-state index contributed by atoms with van der Waals surface area (Å²) in [5, 5.41) is 3.86. The fraction of sp³-hybridized carbons (Fsp3) is 0.667. The van der Waals surface area contributed by atoms with Gasteiger partial charge in [-0.15, -0.1) is 0 Å². The number of H-pyrrole nitrogens is 1. The molecular formula is C27H41N3. The number of imidazole rings is 1. The Bertz CT molecular complexity index is 856. The normalized spacial score (nSPS) is 25.8. The third kappa shape index (κ3) is 4.99. The van der Waals surface area contributed by atoms with E-state index in [1.165, 1.54) is 56.1 Å². The van der Waals surface area contributed by atoms with Crippen molar-refractivity contribution in [1.29, 1.82) is 0 Å². The Labute approximate surface area is 183 Å². The van der Waals surface area contributed by atoms with Gasteiger partial charge in [-0.25, -0.2) is 4.98 Å². The molecule has 1 heterocycles. The fourth-order valence-corrected chi connectivity index (χ4v) is 5.91. The van der Waals surface area contributed by atoms with Crippen molar-refractivity contribution < 1.29 is 0 Å². The molecule has 1 saturated carbocycles. The molecule has 3 nitrogen and oxygen atoms in total. The molecule has 2 aliphatic rings. The van der Waals surface area contributed by atoms with E-state index >= 15 is 0 Å². The van der Waals surface area contributed by atoms with Gasteiger partial charge < -0.3 is 10.3 Å². The van der Waals surface area contributed by atoms with E-state index in [-0.39, 0.29) is 0 Å². The zero-order chi connectivity index (χ0) is 21.1. The smallest absolute Gasteiger partial charge is 0.107 e. The van der Waals surface area contributed by atoms with Gasteiger partial charge in [0.2, 0.25) is 0 Å². The van der Waals surface area contributed by atoms with Crippen LogP contribution in [0.25, 0.3) is 11.0 Å². The number of hydrogen-bond acceptors (Lipinski definition) is 2. The number of aromatic amines is 1. The molecule has 0 aliphatic heterocycles. The van der Waals surface area contributed by atoms with Gasteiger partial charge in [-0.3, -0.25) is 0 Å². The molecule has 164 valence electrons.